The zero-order chi connectivity index (χ0) is 17.1. The predicted octanol–water partition coefficient (Wildman–Crippen LogP) is 5.28. The van der Waals surface area contributed by atoms with Crippen LogP contribution < -0.4 is 5.32 Å². The maximum atomic E-state index is 10.6. The van der Waals surface area contributed by atoms with Crippen molar-refractivity contribution in [3.63, 3.8) is 0 Å². The molecule has 1 unspecified atom stereocenters. The van der Waals surface area contributed by atoms with Crippen molar-refractivity contribution in [1.29, 1.82) is 0 Å². The molecular weight excluding hydrogens is 333 g/mol. The Morgan fingerprint density at radius 2 is 2.00 bits per heavy atom. The van der Waals surface area contributed by atoms with Gasteiger partial charge in [-0.15, -0.1) is 0 Å². The molecule has 23 heavy (non-hydrogen) atoms. The van der Waals surface area contributed by atoms with Crippen LogP contribution in [0.1, 0.15) is 50.5 Å². The first kappa shape index (κ1) is 20.0. The second-order valence-corrected chi connectivity index (χ2v) is 6.37. The molecule has 0 aliphatic rings. The van der Waals surface area contributed by atoms with Gasteiger partial charge in [0.15, 0.2) is 0 Å². The quantitative estimate of drug-likeness (QED) is 0.418. The van der Waals surface area contributed by atoms with Crippen molar-refractivity contribution in [1.82, 2.24) is 5.32 Å². The van der Waals surface area contributed by atoms with Gasteiger partial charge in [0.1, 0.15) is 0 Å². The van der Waals surface area contributed by atoms with Crippen LogP contribution in [-0.2, 0) is 4.79 Å². The molecule has 0 heterocycles. The predicted molar refractivity (Wildman–Crippen MR) is 97.6 cm³/mol. The lowest BCUT2D eigenvalue weighted by molar-refractivity contribution is -0.136. The fourth-order valence-corrected chi connectivity index (χ4v) is 2.63. The summed E-state index contributed by atoms with van der Waals surface area (Å²) >= 11 is 12.1. The van der Waals surface area contributed by atoms with E-state index in [0.717, 1.165) is 37.8 Å². The van der Waals surface area contributed by atoms with Crippen LogP contribution in [0.25, 0.3) is 0 Å². The van der Waals surface area contributed by atoms with Crippen molar-refractivity contribution >= 4 is 29.2 Å². The highest BCUT2D eigenvalue weighted by Crippen LogP contribution is 2.28. The molecule has 128 valence electrons. The Balaban J connectivity index is 2.62. The number of unbranched alkanes of at least 4 members (excludes halogenated alkanes) is 1. The van der Waals surface area contributed by atoms with Crippen LogP contribution >= 0.6 is 23.2 Å². The fraction of sp³-hybridized carbons (Fsp3) is 0.500. The van der Waals surface area contributed by atoms with Gasteiger partial charge in [-0.05, 0) is 42.9 Å². The summed E-state index contributed by atoms with van der Waals surface area (Å²) in [6, 6.07) is 5.72. The number of hydrogen-bond donors (Lipinski definition) is 2. The third kappa shape index (κ3) is 8.40. The topological polar surface area (TPSA) is 49.3 Å². The minimum Gasteiger partial charge on any atom is -0.481 e. The van der Waals surface area contributed by atoms with Crippen LogP contribution in [0.5, 0.6) is 0 Å². The average Bonchev–Trinajstić information content (AvgIpc) is 2.51. The van der Waals surface area contributed by atoms with E-state index < -0.39 is 5.97 Å². The molecule has 0 aliphatic carbocycles. The lowest BCUT2D eigenvalue weighted by Crippen LogP contribution is -2.24. The van der Waals surface area contributed by atoms with Crippen LogP contribution in [-0.4, -0.2) is 24.2 Å². The van der Waals surface area contributed by atoms with Gasteiger partial charge >= 0.3 is 5.97 Å². The summed E-state index contributed by atoms with van der Waals surface area (Å²) in [5.41, 5.74) is 1.13. The van der Waals surface area contributed by atoms with E-state index in [1.165, 1.54) is 0 Å². The number of carboxylic acid groups (broad SMARTS) is 1. The van der Waals surface area contributed by atoms with Crippen LogP contribution in [0, 0.1) is 0 Å². The van der Waals surface area contributed by atoms with E-state index in [0.29, 0.717) is 16.6 Å². The summed E-state index contributed by atoms with van der Waals surface area (Å²) < 4.78 is 0. The summed E-state index contributed by atoms with van der Waals surface area (Å²) in [5, 5.41) is 13.0. The first-order valence-electron chi connectivity index (χ1n) is 8.07. The van der Waals surface area contributed by atoms with Crippen molar-refractivity contribution in [2.45, 2.75) is 44.9 Å². The van der Waals surface area contributed by atoms with Crippen molar-refractivity contribution in [2.24, 2.45) is 0 Å². The van der Waals surface area contributed by atoms with Crippen molar-refractivity contribution in [3.8, 4) is 0 Å². The van der Waals surface area contributed by atoms with E-state index in [9.17, 15) is 4.79 Å². The van der Waals surface area contributed by atoms with Crippen molar-refractivity contribution < 1.29 is 9.90 Å². The molecule has 0 radical (unpaired) electrons. The van der Waals surface area contributed by atoms with E-state index in [1.54, 1.807) is 0 Å². The lowest BCUT2D eigenvalue weighted by Gasteiger charge is -2.18. The molecule has 0 saturated heterocycles. The second-order valence-electron chi connectivity index (χ2n) is 5.56. The molecule has 3 nitrogen and oxygen atoms in total. The molecule has 1 atom stereocenters. The van der Waals surface area contributed by atoms with Crippen LogP contribution in [0.3, 0.4) is 0 Å². The van der Waals surface area contributed by atoms with Crippen molar-refractivity contribution in [3.05, 3.63) is 46.0 Å². The van der Waals surface area contributed by atoms with E-state index >= 15 is 0 Å². The second kappa shape index (κ2) is 11.5. The number of hydrogen-bond acceptors (Lipinski definition) is 2. The molecule has 0 saturated carbocycles. The monoisotopic (exact) mass is 357 g/mol. The molecule has 1 rings (SSSR count). The van der Waals surface area contributed by atoms with Gasteiger partial charge in [0.05, 0.1) is 16.5 Å². The third-order valence-electron chi connectivity index (χ3n) is 3.63. The number of halogens is 2. The van der Waals surface area contributed by atoms with Gasteiger partial charge in [0.25, 0.3) is 0 Å². The molecule has 0 amide bonds. The number of carboxylic acids is 1. The molecule has 1 aromatic carbocycles. The fourth-order valence-electron chi connectivity index (χ4n) is 2.32. The summed E-state index contributed by atoms with van der Waals surface area (Å²) in [6.07, 6.45) is 8.79. The zero-order valence-electron chi connectivity index (χ0n) is 13.5. The van der Waals surface area contributed by atoms with E-state index in [1.807, 2.05) is 18.2 Å². The highest BCUT2D eigenvalue weighted by Gasteiger charge is 2.12. The Labute approximate surface area is 148 Å². The van der Waals surface area contributed by atoms with Crippen LogP contribution in [0.4, 0.5) is 0 Å². The van der Waals surface area contributed by atoms with Crippen LogP contribution in [0.2, 0.25) is 10.0 Å². The maximum absolute atomic E-state index is 10.6. The molecule has 0 aliphatic heterocycles. The van der Waals surface area contributed by atoms with Crippen LogP contribution in [0.15, 0.2) is 30.4 Å². The summed E-state index contributed by atoms with van der Waals surface area (Å²) in [6.45, 7) is 3.36. The Morgan fingerprint density at radius 3 is 2.65 bits per heavy atom. The van der Waals surface area contributed by atoms with Gasteiger partial charge in [-0.2, -0.15) is 0 Å². The standard InChI is InChI=1S/C18H25Cl2NO2/c1-2-3-4-5-6-7-15(13-21-11-10-18(22)23)14-8-9-16(19)17(20)12-14/h4-5,8-9,12,15,21H,2-3,6-7,10-11,13H2,1H3,(H,22,23). The van der Waals surface area contributed by atoms with Gasteiger partial charge in [-0.1, -0.05) is 54.8 Å². The summed E-state index contributed by atoms with van der Waals surface area (Å²) in [7, 11) is 0. The third-order valence-corrected chi connectivity index (χ3v) is 4.36. The van der Waals surface area contributed by atoms with Crippen molar-refractivity contribution in [2.75, 3.05) is 13.1 Å². The van der Waals surface area contributed by atoms with E-state index in [4.69, 9.17) is 28.3 Å². The minimum absolute atomic E-state index is 0.129. The minimum atomic E-state index is -0.786. The lowest BCUT2D eigenvalue weighted by atomic mass is 9.94. The number of carbonyl (C=O) groups is 1. The number of aliphatic carboxylic acids is 1. The zero-order valence-corrected chi connectivity index (χ0v) is 15.0. The van der Waals surface area contributed by atoms with Gasteiger partial charge < -0.3 is 10.4 Å². The molecule has 2 N–H and O–H groups in total. The Hall–Kier alpha value is -1.03. The Bertz CT molecular complexity index is 518. The molecule has 0 aromatic heterocycles. The highest BCUT2D eigenvalue weighted by atomic mass is 35.5. The highest BCUT2D eigenvalue weighted by molar-refractivity contribution is 6.42. The average molecular weight is 358 g/mol. The largest absolute Gasteiger partial charge is 0.481 e. The SMILES string of the molecule is CCCC=CCCC(CNCCC(=O)O)c1ccc(Cl)c(Cl)c1. The van der Waals surface area contributed by atoms with E-state index in [2.05, 4.69) is 24.4 Å². The molecule has 5 heteroatoms. The number of allylic oxidation sites excluding steroid dienone is 2. The van der Waals surface area contributed by atoms with E-state index in [-0.39, 0.29) is 12.3 Å². The smallest absolute Gasteiger partial charge is 0.304 e. The first-order valence-corrected chi connectivity index (χ1v) is 8.82. The number of benzene rings is 1. The Kier molecular flexibility index (Phi) is 10.0. The number of rotatable bonds is 11. The first-order chi connectivity index (χ1) is 11.0. The maximum Gasteiger partial charge on any atom is 0.304 e. The van der Waals surface area contributed by atoms with Gasteiger partial charge in [0.2, 0.25) is 0 Å². The van der Waals surface area contributed by atoms with Gasteiger partial charge in [0, 0.05) is 13.1 Å². The molecule has 0 bridgehead atoms. The molecule has 0 spiro atoms. The molecule has 0 fully saturated rings. The summed E-state index contributed by atoms with van der Waals surface area (Å²) in [5.74, 6) is -0.504. The van der Waals surface area contributed by atoms with Gasteiger partial charge in [-0.25, -0.2) is 0 Å². The Morgan fingerprint density at radius 1 is 1.26 bits per heavy atom. The molecular formula is C18H25Cl2NO2. The number of nitrogens with one attached hydrogen (secondary N) is 1. The van der Waals surface area contributed by atoms with Gasteiger partial charge in [-0.3, -0.25) is 4.79 Å². The normalized spacial score (nSPS) is 12.7. The summed E-state index contributed by atoms with van der Waals surface area (Å²) in [4.78, 5) is 10.6. The molecule has 1 aromatic rings.